The van der Waals surface area contributed by atoms with Crippen LogP contribution in [0.5, 0.6) is 0 Å². The number of aldehydes is 1. The highest BCUT2D eigenvalue weighted by Gasteiger charge is 2.26. The maximum atomic E-state index is 11.3. The average Bonchev–Trinajstić information content (AvgIpc) is 2.10. The summed E-state index contributed by atoms with van der Waals surface area (Å²) in [6.07, 6.45) is 3.21. The van der Waals surface area contributed by atoms with E-state index in [0.717, 1.165) is 5.75 Å². The zero-order chi connectivity index (χ0) is 10.3. The molecular formula is C8H16N2O2S. The minimum atomic E-state index is -0.869. The third kappa shape index (κ3) is 4.90. The molecule has 0 heterocycles. The van der Waals surface area contributed by atoms with Crippen LogP contribution in [0.2, 0.25) is 0 Å². The van der Waals surface area contributed by atoms with Gasteiger partial charge in [-0.25, -0.2) is 0 Å². The van der Waals surface area contributed by atoms with Gasteiger partial charge in [0.25, 0.3) is 0 Å². The van der Waals surface area contributed by atoms with Crippen LogP contribution in [-0.4, -0.2) is 36.3 Å². The number of carbonyl (C=O) groups excluding carboxylic acids is 2. The van der Waals surface area contributed by atoms with Gasteiger partial charge in [0.2, 0.25) is 5.91 Å². The van der Waals surface area contributed by atoms with Crippen molar-refractivity contribution in [3.8, 4) is 0 Å². The quantitative estimate of drug-likeness (QED) is 0.586. The first-order valence-corrected chi connectivity index (χ1v) is 5.43. The lowest BCUT2D eigenvalue weighted by Gasteiger charge is -2.22. The summed E-state index contributed by atoms with van der Waals surface area (Å²) in [6, 6.07) is 0. The Labute approximate surface area is 82.6 Å². The van der Waals surface area contributed by atoms with Crippen molar-refractivity contribution in [3.05, 3.63) is 0 Å². The Morgan fingerprint density at radius 3 is 2.77 bits per heavy atom. The third-order valence-corrected chi connectivity index (χ3v) is 2.30. The van der Waals surface area contributed by atoms with Crippen LogP contribution in [-0.2, 0) is 9.59 Å². The van der Waals surface area contributed by atoms with E-state index in [-0.39, 0.29) is 12.5 Å². The fraction of sp³-hybridized carbons (Fsp3) is 0.750. The fourth-order valence-electron chi connectivity index (χ4n) is 0.764. The summed E-state index contributed by atoms with van der Waals surface area (Å²) in [4.78, 5) is 21.3. The molecule has 0 saturated heterocycles. The van der Waals surface area contributed by atoms with Crippen molar-refractivity contribution in [2.75, 3.05) is 18.6 Å². The van der Waals surface area contributed by atoms with Crippen LogP contribution in [0.1, 0.15) is 13.3 Å². The number of amides is 1. The smallest absolute Gasteiger partial charge is 0.240 e. The second kappa shape index (κ2) is 5.99. The van der Waals surface area contributed by atoms with E-state index < -0.39 is 5.54 Å². The van der Waals surface area contributed by atoms with E-state index in [1.54, 1.807) is 18.7 Å². The van der Waals surface area contributed by atoms with E-state index in [0.29, 0.717) is 12.7 Å². The highest BCUT2D eigenvalue weighted by Crippen LogP contribution is 2.09. The van der Waals surface area contributed by atoms with Gasteiger partial charge in [0.1, 0.15) is 6.29 Å². The second-order valence-electron chi connectivity index (χ2n) is 3.04. The molecule has 13 heavy (non-hydrogen) atoms. The molecule has 0 unspecified atom stereocenters. The molecule has 0 aliphatic heterocycles. The summed E-state index contributed by atoms with van der Waals surface area (Å²) in [5, 5.41) is 2.44. The number of carbonyl (C=O) groups is 2. The topological polar surface area (TPSA) is 72.2 Å². The van der Waals surface area contributed by atoms with Crippen LogP contribution in [0.4, 0.5) is 0 Å². The first-order chi connectivity index (χ1) is 6.04. The predicted octanol–water partition coefficient (Wildman–Crippen LogP) is -0.228. The van der Waals surface area contributed by atoms with E-state index in [4.69, 9.17) is 5.73 Å². The predicted molar refractivity (Wildman–Crippen MR) is 54.7 cm³/mol. The number of rotatable bonds is 6. The van der Waals surface area contributed by atoms with E-state index >= 15 is 0 Å². The summed E-state index contributed by atoms with van der Waals surface area (Å²) in [5.41, 5.74) is 4.88. The normalized spacial score (nSPS) is 14.7. The lowest BCUT2D eigenvalue weighted by molar-refractivity contribution is -0.126. The van der Waals surface area contributed by atoms with Crippen LogP contribution >= 0.6 is 11.8 Å². The SMILES string of the molecule is CSCC[C@](C)(N)C(=O)NCC=O. The second-order valence-corrected chi connectivity index (χ2v) is 4.02. The standard InChI is InChI=1S/C8H16N2O2S/c1-8(9,3-6-13-2)7(12)10-4-5-11/h5H,3-4,6,9H2,1-2H3,(H,10,12)/t8-/m0/s1. The highest BCUT2D eigenvalue weighted by molar-refractivity contribution is 7.98. The number of nitrogens with one attached hydrogen (secondary N) is 1. The Bertz CT molecular complexity index is 183. The van der Waals surface area contributed by atoms with Gasteiger partial charge in [-0.15, -0.1) is 0 Å². The van der Waals surface area contributed by atoms with Gasteiger partial charge in [-0.1, -0.05) is 0 Å². The highest BCUT2D eigenvalue weighted by atomic mass is 32.2. The Morgan fingerprint density at radius 2 is 2.31 bits per heavy atom. The van der Waals surface area contributed by atoms with Crippen molar-refractivity contribution in [1.29, 1.82) is 0 Å². The molecule has 1 atom stereocenters. The third-order valence-electron chi connectivity index (χ3n) is 1.69. The molecule has 0 fully saturated rings. The molecule has 0 aromatic rings. The largest absolute Gasteiger partial charge is 0.348 e. The minimum Gasteiger partial charge on any atom is -0.348 e. The minimum absolute atomic E-state index is 0.0326. The molecule has 0 spiro atoms. The van der Waals surface area contributed by atoms with Gasteiger partial charge in [-0.05, 0) is 25.4 Å². The van der Waals surface area contributed by atoms with Gasteiger partial charge in [-0.3, -0.25) is 4.79 Å². The van der Waals surface area contributed by atoms with Crippen LogP contribution in [0.15, 0.2) is 0 Å². The van der Waals surface area contributed by atoms with Gasteiger partial charge in [0.05, 0.1) is 12.1 Å². The maximum absolute atomic E-state index is 11.3. The molecule has 0 radical (unpaired) electrons. The molecule has 4 nitrogen and oxygen atoms in total. The van der Waals surface area contributed by atoms with Gasteiger partial charge in [0, 0.05) is 0 Å². The van der Waals surface area contributed by atoms with Crippen molar-refractivity contribution in [2.24, 2.45) is 5.73 Å². The number of hydrogen-bond acceptors (Lipinski definition) is 4. The van der Waals surface area contributed by atoms with Crippen molar-refractivity contribution in [1.82, 2.24) is 5.32 Å². The summed E-state index contributed by atoms with van der Waals surface area (Å²) in [6.45, 7) is 1.70. The summed E-state index contributed by atoms with van der Waals surface area (Å²) in [7, 11) is 0. The monoisotopic (exact) mass is 204 g/mol. The molecular weight excluding hydrogens is 188 g/mol. The van der Waals surface area contributed by atoms with E-state index in [2.05, 4.69) is 5.32 Å². The van der Waals surface area contributed by atoms with Crippen LogP contribution in [0.3, 0.4) is 0 Å². The van der Waals surface area contributed by atoms with Crippen molar-refractivity contribution in [3.63, 3.8) is 0 Å². The molecule has 0 aliphatic rings. The van der Waals surface area contributed by atoms with Crippen molar-refractivity contribution >= 4 is 24.0 Å². The molecule has 0 bridgehead atoms. The molecule has 3 N–H and O–H groups in total. The van der Waals surface area contributed by atoms with Crippen molar-refractivity contribution in [2.45, 2.75) is 18.9 Å². The Balaban J connectivity index is 3.94. The summed E-state index contributed by atoms with van der Waals surface area (Å²) >= 11 is 1.64. The van der Waals surface area contributed by atoms with Gasteiger partial charge in [0.15, 0.2) is 0 Å². The summed E-state index contributed by atoms with van der Waals surface area (Å²) < 4.78 is 0. The zero-order valence-corrected chi connectivity index (χ0v) is 8.82. The molecule has 0 saturated carbocycles. The van der Waals surface area contributed by atoms with E-state index in [1.807, 2.05) is 6.26 Å². The van der Waals surface area contributed by atoms with Gasteiger partial charge in [-0.2, -0.15) is 11.8 Å². The Kier molecular flexibility index (Phi) is 5.73. The Hall–Kier alpha value is -0.550. The average molecular weight is 204 g/mol. The maximum Gasteiger partial charge on any atom is 0.240 e. The van der Waals surface area contributed by atoms with Crippen LogP contribution in [0.25, 0.3) is 0 Å². The lowest BCUT2D eigenvalue weighted by Crippen LogP contribution is -2.52. The van der Waals surface area contributed by atoms with E-state index in [9.17, 15) is 9.59 Å². The summed E-state index contributed by atoms with van der Waals surface area (Å²) in [5.74, 6) is 0.565. The van der Waals surface area contributed by atoms with Gasteiger partial charge < -0.3 is 15.8 Å². The molecule has 5 heteroatoms. The van der Waals surface area contributed by atoms with Crippen LogP contribution in [0, 0.1) is 0 Å². The van der Waals surface area contributed by atoms with Crippen LogP contribution < -0.4 is 11.1 Å². The van der Waals surface area contributed by atoms with E-state index in [1.165, 1.54) is 0 Å². The molecule has 0 aromatic heterocycles. The van der Waals surface area contributed by atoms with Crippen molar-refractivity contribution < 1.29 is 9.59 Å². The molecule has 0 aromatic carbocycles. The number of thioether (sulfide) groups is 1. The number of nitrogens with two attached hydrogens (primary N) is 1. The zero-order valence-electron chi connectivity index (χ0n) is 8.00. The first kappa shape index (κ1) is 12.4. The first-order valence-electron chi connectivity index (χ1n) is 4.04. The number of hydrogen-bond donors (Lipinski definition) is 2. The molecule has 0 aliphatic carbocycles. The molecule has 76 valence electrons. The lowest BCUT2D eigenvalue weighted by atomic mass is 9.99. The molecule has 1 amide bonds. The Morgan fingerprint density at radius 1 is 1.69 bits per heavy atom. The fourth-order valence-corrected chi connectivity index (χ4v) is 1.39. The molecule has 0 rings (SSSR count). The van der Waals surface area contributed by atoms with Gasteiger partial charge >= 0.3 is 0 Å².